The van der Waals surface area contributed by atoms with Crippen LogP contribution in [0.2, 0.25) is 0 Å². The second kappa shape index (κ2) is 8.09. The molecule has 4 bridgehead atoms. The normalized spacial score (nSPS) is 38.8. The van der Waals surface area contributed by atoms with Gasteiger partial charge in [-0.05, 0) is 108 Å². The number of rotatable bonds is 7. The lowest BCUT2D eigenvalue weighted by Crippen LogP contribution is -2.62. The van der Waals surface area contributed by atoms with E-state index >= 15 is 0 Å². The Kier molecular flexibility index (Phi) is 5.59. The highest BCUT2D eigenvalue weighted by Crippen LogP contribution is 2.55. The standard InChI is InChI=1S/C24H40N4O2/c1-16(28-6-5-18(15-28)14-27(2)13-17-3-4-17)22(29)25-23(30)26-24-10-19-7-20(11-24)9-21(8-19)12-24/h16-21H,3-15H2,1-2H3,(H2,25,26,29,30)/t16-,18-,19?,20?,21?,24?/m0/s1. The molecule has 1 saturated heterocycles. The summed E-state index contributed by atoms with van der Waals surface area (Å²) in [4.78, 5) is 30.2. The highest BCUT2D eigenvalue weighted by atomic mass is 16.2. The number of hydrogen-bond acceptors (Lipinski definition) is 4. The molecular weight excluding hydrogens is 376 g/mol. The van der Waals surface area contributed by atoms with E-state index in [4.69, 9.17) is 0 Å². The minimum Gasteiger partial charge on any atom is -0.332 e. The van der Waals surface area contributed by atoms with E-state index in [9.17, 15) is 9.59 Å². The Hall–Kier alpha value is -1.14. The van der Waals surface area contributed by atoms with Crippen LogP contribution >= 0.6 is 0 Å². The smallest absolute Gasteiger partial charge is 0.321 e. The highest BCUT2D eigenvalue weighted by molar-refractivity contribution is 5.97. The molecule has 6 nitrogen and oxygen atoms in total. The van der Waals surface area contributed by atoms with Crippen LogP contribution < -0.4 is 10.6 Å². The Morgan fingerprint density at radius 3 is 2.20 bits per heavy atom. The first-order valence-corrected chi connectivity index (χ1v) is 12.4. The van der Waals surface area contributed by atoms with Crippen molar-refractivity contribution in [3.05, 3.63) is 0 Å². The largest absolute Gasteiger partial charge is 0.332 e. The van der Waals surface area contributed by atoms with E-state index in [1.165, 1.54) is 38.6 Å². The minimum atomic E-state index is -0.270. The van der Waals surface area contributed by atoms with Crippen molar-refractivity contribution < 1.29 is 9.59 Å². The summed E-state index contributed by atoms with van der Waals surface area (Å²) in [5.74, 6) is 3.75. The van der Waals surface area contributed by atoms with Gasteiger partial charge in [0.25, 0.3) is 0 Å². The molecule has 1 aliphatic heterocycles. The maximum absolute atomic E-state index is 12.8. The summed E-state index contributed by atoms with van der Waals surface area (Å²) < 4.78 is 0. The van der Waals surface area contributed by atoms with Gasteiger partial charge in [-0.3, -0.25) is 15.0 Å². The SMILES string of the molecule is C[C@@H](C(=O)NC(=O)NC12CC3CC(CC(C3)C1)C2)N1CC[C@@H](CN(C)CC2CC2)C1. The van der Waals surface area contributed by atoms with Crippen molar-refractivity contribution in [2.75, 3.05) is 33.2 Å². The predicted octanol–water partition coefficient (Wildman–Crippen LogP) is 2.83. The van der Waals surface area contributed by atoms with Crippen molar-refractivity contribution in [3.8, 4) is 0 Å². The highest BCUT2D eigenvalue weighted by Gasteiger charge is 2.51. The van der Waals surface area contributed by atoms with E-state index in [0.29, 0.717) is 5.92 Å². The van der Waals surface area contributed by atoms with E-state index in [1.54, 1.807) is 0 Å². The summed E-state index contributed by atoms with van der Waals surface area (Å²) in [5, 5.41) is 5.94. The zero-order chi connectivity index (χ0) is 20.9. The van der Waals surface area contributed by atoms with Gasteiger partial charge in [0.2, 0.25) is 5.91 Å². The number of imide groups is 1. The van der Waals surface area contributed by atoms with Crippen molar-refractivity contribution in [3.63, 3.8) is 0 Å². The third kappa shape index (κ3) is 4.55. The summed E-state index contributed by atoms with van der Waals surface area (Å²) in [6.07, 6.45) is 11.3. The topological polar surface area (TPSA) is 64.7 Å². The van der Waals surface area contributed by atoms with Crippen LogP contribution in [0.25, 0.3) is 0 Å². The van der Waals surface area contributed by atoms with Gasteiger partial charge in [-0.15, -0.1) is 0 Å². The van der Waals surface area contributed by atoms with Gasteiger partial charge in [0.05, 0.1) is 6.04 Å². The lowest BCUT2D eigenvalue weighted by molar-refractivity contribution is -0.124. The Morgan fingerprint density at radius 1 is 1.00 bits per heavy atom. The van der Waals surface area contributed by atoms with Crippen LogP contribution in [0.15, 0.2) is 0 Å². The van der Waals surface area contributed by atoms with Crippen molar-refractivity contribution in [2.45, 2.75) is 76.3 Å². The molecule has 2 atom stereocenters. The number of likely N-dealkylation sites (tertiary alicyclic amines) is 1. The van der Waals surface area contributed by atoms with Crippen LogP contribution in [0.3, 0.4) is 0 Å². The molecule has 5 saturated carbocycles. The first kappa shape index (κ1) is 20.7. The molecule has 168 valence electrons. The van der Waals surface area contributed by atoms with Crippen LogP contribution in [0.1, 0.15) is 64.7 Å². The number of carbonyl (C=O) groups is 2. The summed E-state index contributed by atoms with van der Waals surface area (Å²) in [6.45, 7) is 6.20. The zero-order valence-corrected chi connectivity index (χ0v) is 18.9. The third-order valence-electron chi connectivity index (χ3n) is 8.73. The quantitative estimate of drug-likeness (QED) is 0.670. The fourth-order valence-electron chi connectivity index (χ4n) is 7.54. The maximum atomic E-state index is 12.8. The van der Waals surface area contributed by atoms with Gasteiger partial charge < -0.3 is 10.2 Å². The zero-order valence-electron chi connectivity index (χ0n) is 18.9. The second-order valence-corrected chi connectivity index (χ2v) is 11.6. The lowest BCUT2D eigenvalue weighted by atomic mass is 9.53. The molecular formula is C24H40N4O2. The van der Waals surface area contributed by atoms with Gasteiger partial charge in [0.15, 0.2) is 0 Å². The maximum Gasteiger partial charge on any atom is 0.321 e. The van der Waals surface area contributed by atoms with Gasteiger partial charge in [-0.25, -0.2) is 4.79 Å². The van der Waals surface area contributed by atoms with Crippen LogP contribution in [-0.2, 0) is 4.79 Å². The van der Waals surface area contributed by atoms with Crippen molar-refractivity contribution in [1.29, 1.82) is 0 Å². The average molecular weight is 417 g/mol. The molecule has 0 aromatic heterocycles. The Balaban J connectivity index is 1.08. The second-order valence-electron chi connectivity index (χ2n) is 11.6. The number of nitrogens with one attached hydrogen (secondary N) is 2. The number of urea groups is 1. The summed E-state index contributed by atoms with van der Waals surface area (Å²) in [7, 11) is 2.23. The fraction of sp³-hybridized carbons (Fsp3) is 0.917. The lowest BCUT2D eigenvalue weighted by Gasteiger charge is -2.56. The van der Waals surface area contributed by atoms with Gasteiger partial charge in [-0.1, -0.05) is 0 Å². The molecule has 1 heterocycles. The number of amides is 3. The van der Waals surface area contributed by atoms with Gasteiger partial charge in [0.1, 0.15) is 0 Å². The Labute approximate surface area is 181 Å². The predicted molar refractivity (Wildman–Crippen MR) is 117 cm³/mol. The average Bonchev–Trinajstić information content (AvgIpc) is 3.34. The molecule has 0 spiro atoms. The van der Waals surface area contributed by atoms with Gasteiger partial charge in [0, 0.05) is 25.2 Å². The van der Waals surface area contributed by atoms with Crippen LogP contribution in [0, 0.1) is 29.6 Å². The molecule has 6 aliphatic rings. The summed E-state index contributed by atoms with van der Waals surface area (Å²) in [6, 6.07) is -0.514. The monoisotopic (exact) mass is 416 g/mol. The van der Waals surface area contributed by atoms with E-state index in [2.05, 4.69) is 27.5 Å². The Morgan fingerprint density at radius 2 is 1.60 bits per heavy atom. The van der Waals surface area contributed by atoms with E-state index < -0.39 is 0 Å². The minimum absolute atomic E-state index is 0.0484. The molecule has 0 aromatic rings. The molecule has 3 amide bonds. The molecule has 0 radical (unpaired) electrons. The first-order chi connectivity index (χ1) is 14.4. The van der Waals surface area contributed by atoms with Crippen LogP contribution in [-0.4, -0.2) is 66.5 Å². The van der Waals surface area contributed by atoms with E-state index in [0.717, 1.165) is 69.0 Å². The Bertz CT molecular complexity index is 641. The summed E-state index contributed by atoms with van der Waals surface area (Å²) >= 11 is 0. The fourth-order valence-corrected chi connectivity index (χ4v) is 7.54. The number of nitrogens with zero attached hydrogens (tertiary/aromatic N) is 2. The van der Waals surface area contributed by atoms with E-state index in [1.807, 2.05) is 6.92 Å². The molecule has 6 rings (SSSR count). The molecule has 30 heavy (non-hydrogen) atoms. The van der Waals surface area contributed by atoms with Crippen LogP contribution in [0.4, 0.5) is 4.79 Å². The first-order valence-electron chi connectivity index (χ1n) is 12.4. The molecule has 2 N–H and O–H groups in total. The van der Waals surface area contributed by atoms with E-state index in [-0.39, 0.29) is 23.5 Å². The van der Waals surface area contributed by atoms with Crippen molar-refractivity contribution >= 4 is 11.9 Å². The molecule has 0 unspecified atom stereocenters. The molecule has 0 aromatic carbocycles. The van der Waals surface area contributed by atoms with Crippen LogP contribution in [0.5, 0.6) is 0 Å². The molecule has 6 fully saturated rings. The van der Waals surface area contributed by atoms with Gasteiger partial charge >= 0.3 is 6.03 Å². The van der Waals surface area contributed by atoms with Crippen molar-refractivity contribution in [2.24, 2.45) is 29.6 Å². The third-order valence-corrected chi connectivity index (χ3v) is 8.73. The molecule has 6 heteroatoms. The van der Waals surface area contributed by atoms with Gasteiger partial charge in [-0.2, -0.15) is 0 Å². The number of hydrogen-bond donors (Lipinski definition) is 2. The molecule has 5 aliphatic carbocycles. The van der Waals surface area contributed by atoms with Crippen molar-refractivity contribution in [1.82, 2.24) is 20.4 Å². The summed E-state index contributed by atoms with van der Waals surface area (Å²) in [5.41, 5.74) is -0.0484. The number of carbonyl (C=O) groups excluding carboxylic acids is 2.